The van der Waals surface area contributed by atoms with E-state index in [-0.39, 0.29) is 6.61 Å². The van der Waals surface area contributed by atoms with Gasteiger partial charge in [0.1, 0.15) is 0 Å². The molecule has 0 fully saturated rings. The summed E-state index contributed by atoms with van der Waals surface area (Å²) in [6, 6.07) is 0. The van der Waals surface area contributed by atoms with Gasteiger partial charge in [-0.25, -0.2) is 4.57 Å². The molecule has 90 valence electrons. The molecule has 0 spiro atoms. The third-order valence-electron chi connectivity index (χ3n) is 1.64. The van der Waals surface area contributed by atoms with Crippen molar-refractivity contribution >= 4 is 7.82 Å². The van der Waals surface area contributed by atoms with Gasteiger partial charge in [-0.1, -0.05) is 0 Å². The van der Waals surface area contributed by atoms with Gasteiger partial charge in [-0.15, -0.1) is 0 Å². The zero-order valence-electron chi connectivity index (χ0n) is 9.33. The van der Waals surface area contributed by atoms with Crippen LogP contribution in [0.25, 0.3) is 0 Å². The molecule has 0 aromatic heterocycles. The van der Waals surface area contributed by atoms with E-state index in [0.29, 0.717) is 0 Å². The Hall–Kier alpha value is -0.550. The molecule has 7 heteroatoms. The van der Waals surface area contributed by atoms with Crippen LogP contribution < -0.4 is 0 Å². The molecule has 1 heterocycles. The van der Waals surface area contributed by atoms with Gasteiger partial charge in [-0.2, -0.15) is 0 Å². The SMILES string of the molecule is CCN1C=CN(C)C1.CCOP(=O)(O)O. The lowest BCUT2D eigenvalue weighted by Crippen LogP contribution is -2.21. The summed E-state index contributed by atoms with van der Waals surface area (Å²) < 4.78 is 13.6. The molecule has 6 nitrogen and oxygen atoms in total. The maximum absolute atomic E-state index is 9.70. The van der Waals surface area contributed by atoms with Gasteiger partial charge in [0.15, 0.2) is 0 Å². The molecule has 0 unspecified atom stereocenters. The predicted octanol–water partition coefficient (Wildman–Crippen LogP) is 0.798. The zero-order chi connectivity index (χ0) is 11.9. The van der Waals surface area contributed by atoms with Gasteiger partial charge in [0.05, 0.1) is 13.3 Å². The molecule has 0 radical (unpaired) electrons. The molecule has 0 aromatic carbocycles. The second kappa shape index (κ2) is 6.85. The average Bonchev–Trinajstić information content (AvgIpc) is 2.50. The van der Waals surface area contributed by atoms with Crippen LogP contribution in [0.2, 0.25) is 0 Å². The van der Waals surface area contributed by atoms with Gasteiger partial charge in [-0.3, -0.25) is 4.52 Å². The zero-order valence-corrected chi connectivity index (χ0v) is 10.2. The Labute approximate surface area is 90.4 Å². The summed E-state index contributed by atoms with van der Waals surface area (Å²) in [5, 5.41) is 0. The molecule has 0 amide bonds. The van der Waals surface area contributed by atoms with Crippen LogP contribution in [0, 0.1) is 0 Å². The summed E-state index contributed by atoms with van der Waals surface area (Å²) in [6.45, 7) is 5.88. The second-order valence-corrected chi connectivity index (χ2v) is 4.25. The molecule has 2 N–H and O–H groups in total. The highest BCUT2D eigenvalue weighted by atomic mass is 31.2. The molecule has 1 aliphatic heterocycles. The van der Waals surface area contributed by atoms with Crippen molar-refractivity contribution in [3.8, 4) is 0 Å². The van der Waals surface area contributed by atoms with Crippen LogP contribution in [-0.4, -0.2) is 46.5 Å². The molecular formula is C8H19N2O4P. The minimum absolute atomic E-state index is 0.0459. The summed E-state index contributed by atoms with van der Waals surface area (Å²) >= 11 is 0. The van der Waals surface area contributed by atoms with Crippen molar-refractivity contribution in [1.29, 1.82) is 0 Å². The second-order valence-electron chi connectivity index (χ2n) is 3.01. The lowest BCUT2D eigenvalue weighted by atomic mass is 10.6. The minimum atomic E-state index is -4.17. The monoisotopic (exact) mass is 238 g/mol. The smallest absolute Gasteiger partial charge is 0.362 e. The van der Waals surface area contributed by atoms with Crippen molar-refractivity contribution in [2.24, 2.45) is 0 Å². The Morgan fingerprint density at radius 3 is 2.13 bits per heavy atom. The van der Waals surface area contributed by atoms with Crippen molar-refractivity contribution in [2.75, 3.05) is 26.9 Å². The van der Waals surface area contributed by atoms with Gasteiger partial charge >= 0.3 is 7.82 Å². The van der Waals surface area contributed by atoms with Crippen molar-refractivity contribution in [2.45, 2.75) is 13.8 Å². The molecule has 0 bridgehead atoms. The van der Waals surface area contributed by atoms with E-state index >= 15 is 0 Å². The summed E-state index contributed by atoms with van der Waals surface area (Å²) in [4.78, 5) is 20.2. The topological polar surface area (TPSA) is 73.2 Å². The first kappa shape index (κ1) is 14.5. The Bertz CT molecular complexity index is 241. The van der Waals surface area contributed by atoms with Crippen LogP contribution in [0.4, 0.5) is 0 Å². The molecule has 15 heavy (non-hydrogen) atoms. The van der Waals surface area contributed by atoms with E-state index in [1.54, 1.807) is 0 Å². The van der Waals surface area contributed by atoms with E-state index in [9.17, 15) is 4.57 Å². The van der Waals surface area contributed by atoms with Gasteiger partial charge in [0.25, 0.3) is 0 Å². The maximum atomic E-state index is 9.70. The third kappa shape index (κ3) is 8.44. The van der Waals surface area contributed by atoms with Crippen LogP contribution in [0.1, 0.15) is 13.8 Å². The Morgan fingerprint density at radius 2 is 2.00 bits per heavy atom. The Morgan fingerprint density at radius 1 is 1.40 bits per heavy atom. The summed E-state index contributed by atoms with van der Waals surface area (Å²) in [7, 11) is -2.09. The fourth-order valence-electron chi connectivity index (χ4n) is 0.962. The number of hydrogen-bond acceptors (Lipinski definition) is 4. The van der Waals surface area contributed by atoms with E-state index in [1.807, 2.05) is 0 Å². The normalized spacial score (nSPS) is 15.3. The van der Waals surface area contributed by atoms with Gasteiger partial charge < -0.3 is 19.6 Å². The first-order chi connectivity index (χ1) is 6.89. The highest BCUT2D eigenvalue weighted by molar-refractivity contribution is 7.46. The molecule has 0 aromatic rings. The lowest BCUT2D eigenvalue weighted by Gasteiger charge is -2.14. The lowest BCUT2D eigenvalue weighted by molar-refractivity contribution is 0.206. The fourth-order valence-corrected chi connectivity index (χ4v) is 1.30. The molecular weight excluding hydrogens is 219 g/mol. The van der Waals surface area contributed by atoms with E-state index in [4.69, 9.17) is 9.79 Å². The van der Waals surface area contributed by atoms with Crippen LogP contribution in [0.5, 0.6) is 0 Å². The van der Waals surface area contributed by atoms with Crippen molar-refractivity contribution in [1.82, 2.24) is 9.80 Å². The van der Waals surface area contributed by atoms with E-state index < -0.39 is 7.82 Å². The molecule has 0 aliphatic carbocycles. The number of rotatable bonds is 3. The number of nitrogens with zero attached hydrogens (tertiary/aromatic N) is 2. The largest absolute Gasteiger partial charge is 0.469 e. The van der Waals surface area contributed by atoms with E-state index in [1.165, 1.54) is 6.92 Å². The highest BCUT2D eigenvalue weighted by Crippen LogP contribution is 2.34. The Balaban J connectivity index is 0.000000265. The van der Waals surface area contributed by atoms with E-state index in [2.05, 4.69) is 40.7 Å². The quantitative estimate of drug-likeness (QED) is 0.708. The summed E-state index contributed by atoms with van der Waals surface area (Å²) in [5.41, 5.74) is 0. The van der Waals surface area contributed by atoms with Crippen LogP contribution in [0.15, 0.2) is 12.4 Å². The maximum Gasteiger partial charge on any atom is 0.469 e. The van der Waals surface area contributed by atoms with Gasteiger partial charge in [0.2, 0.25) is 0 Å². The average molecular weight is 238 g/mol. The predicted molar refractivity (Wildman–Crippen MR) is 57.8 cm³/mol. The van der Waals surface area contributed by atoms with Gasteiger partial charge in [-0.05, 0) is 13.8 Å². The minimum Gasteiger partial charge on any atom is -0.362 e. The van der Waals surface area contributed by atoms with E-state index in [0.717, 1.165) is 13.2 Å². The van der Waals surface area contributed by atoms with Crippen molar-refractivity contribution in [3.63, 3.8) is 0 Å². The standard InChI is InChI=1S/C6H12N2.C2H7O4P/c1-3-8-5-4-7(2)6-8;1-2-6-7(3,4)5/h4-5H,3,6H2,1-2H3;2H2,1H3,(H2,3,4,5). The third-order valence-corrected chi connectivity index (χ3v) is 2.23. The number of phosphoric acid groups is 1. The highest BCUT2D eigenvalue weighted by Gasteiger charge is 2.10. The molecule has 0 saturated carbocycles. The fraction of sp³-hybridized carbons (Fsp3) is 0.750. The number of phosphoric ester groups is 1. The Kier molecular flexibility index (Phi) is 6.60. The van der Waals surface area contributed by atoms with Gasteiger partial charge in [0, 0.05) is 26.0 Å². The van der Waals surface area contributed by atoms with Crippen molar-refractivity contribution < 1.29 is 18.9 Å². The first-order valence-corrected chi connectivity index (χ1v) is 6.24. The van der Waals surface area contributed by atoms with Crippen LogP contribution >= 0.6 is 7.82 Å². The van der Waals surface area contributed by atoms with Crippen LogP contribution in [0.3, 0.4) is 0 Å². The summed E-state index contributed by atoms with van der Waals surface area (Å²) in [6.07, 6.45) is 4.20. The molecule has 1 rings (SSSR count). The number of hydrogen-bond donors (Lipinski definition) is 2. The van der Waals surface area contributed by atoms with Crippen LogP contribution in [-0.2, 0) is 9.09 Å². The summed E-state index contributed by atoms with van der Waals surface area (Å²) in [5.74, 6) is 0. The first-order valence-electron chi connectivity index (χ1n) is 4.71. The molecule has 0 saturated heterocycles. The molecule has 1 aliphatic rings. The van der Waals surface area contributed by atoms with Crippen molar-refractivity contribution in [3.05, 3.63) is 12.4 Å². The molecule has 0 atom stereocenters.